The minimum Gasteiger partial charge on any atom is -0.323 e. The van der Waals surface area contributed by atoms with Gasteiger partial charge in [-0.3, -0.25) is 14.2 Å². The van der Waals surface area contributed by atoms with Crippen LogP contribution in [0.4, 0.5) is 14.5 Å². The van der Waals surface area contributed by atoms with Gasteiger partial charge in [-0.05, 0) is 48.9 Å². The molecule has 0 bridgehead atoms. The summed E-state index contributed by atoms with van der Waals surface area (Å²) in [4.78, 5) is 30.3. The van der Waals surface area contributed by atoms with Crippen LogP contribution in [0.15, 0.2) is 70.6 Å². The second kappa shape index (κ2) is 9.10. The van der Waals surface area contributed by atoms with E-state index in [1.807, 2.05) is 0 Å². The zero-order chi connectivity index (χ0) is 22.8. The molecule has 0 atom stereocenters. The van der Waals surface area contributed by atoms with Crippen LogP contribution in [0.3, 0.4) is 0 Å². The first-order chi connectivity index (χ1) is 15.3. The molecule has 1 amide bonds. The number of anilines is 1. The number of para-hydroxylation sites is 1. The number of halogens is 3. The van der Waals surface area contributed by atoms with Crippen molar-refractivity contribution in [1.82, 2.24) is 9.55 Å². The van der Waals surface area contributed by atoms with Crippen molar-refractivity contribution >= 4 is 45.9 Å². The van der Waals surface area contributed by atoms with Gasteiger partial charge in [-0.25, -0.2) is 13.8 Å². The molecule has 0 unspecified atom stereocenters. The van der Waals surface area contributed by atoms with Gasteiger partial charge in [-0.15, -0.1) is 0 Å². The lowest BCUT2D eigenvalue weighted by Crippen LogP contribution is -2.23. The summed E-state index contributed by atoms with van der Waals surface area (Å²) in [6.45, 7) is 1.79. The summed E-state index contributed by atoms with van der Waals surface area (Å²) in [5.74, 6) is -2.30. The van der Waals surface area contributed by atoms with Gasteiger partial charge in [0.15, 0.2) is 5.16 Å². The van der Waals surface area contributed by atoms with Crippen LogP contribution in [0.2, 0.25) is 5.02 Å². The van der Waals surface area contributed by atoms with Gasteiger partial charge in [0.2, 0.25) is 5.91 Å². The number of rotatable bonds is 5. The minimum absolute atomic E-state index is 0.133. The predicted octanol–water partition coefficient (Wildman–Crippen LogP) is 5.36. The van der Waals surface area contributed by atoms with E-state index in [1.54, 1.807) is 49.4 Å². The Hall–Kier alpha value is -3.23. The first-order valence-corrected chi connectivity index (χ1v) is 10.9. The average molecular weight is 472 g/mol. The maximum atomic E-state index is 13.8. The van der Waals surface area contributed by atoms with Crippen molar-refractivity contribution in [2.45, 2.75) is 12.1 Å². The quantitative estimate of drug-likeness (QED) is 0.314. The van der Waals surface area contributed by atoms with Gasteiger partial charge in [0.1, 0.15) is 11.6 Å². The molecular weight excluding hydrogens is 456 g/mol. The van der Waals surface area contributed by atoms with E-state index in [0.29, 0.717) is 33.2 Å². The van der Waals surface area contributed by atoms with Crippen molar-refractivity contribution in [2.24, 2.45) is 0 Å². The molecule has 4 aromatic rings. The van der Waals surface area contributed by atoms with Gasteiger partial charge in [0.05, 0.1) is 28.0 Å². The summed E-state index contributed by atoms with van der Waals surface area (Å²) in [5.41, 5.74) is 1.29. The third-order valence-corrected chi connectivity index (χ3v) is 6.11. The number of hydrogen-bond acceptors (Lipinski definition) is 4. The highest BCUT2D eigenvalue weighted by Gasteiger charge is 2.17. The fourth-order valence-corrected chi connectivity index (χ4v) is 4.14. The second-order valence-corrected chi connectivity index (χ2v) is 8.25. The van der Waals surface area contributed by atoms with E-state index in [1.165, 1.54) is 4.57 Å². The SMILES string of the molecule is Cc1c(Cl)cccc1-n1c(SCC(=O)Nc2ccc(F)cc2F)nc2ccccc2c1=O. The number of benzene rings is 3. The van der Waals surface area contributed by atoms with Gasteiger partial charge >= 0.3 is 0 Å². The van der Waals surface area contributed by atoms with E-state index in [-0.39, 0.29) is 22.2 Å². The smallest absolute Gasteiger partial charge is 0.266 e. The Morgan fingerprint density at radius 3 is 2.69 bits per heavy atom. The van der Waals surface area contributed by atoms with Crippen molar-refractivity contribution in [1.29, 1.82) is 0 Å². The third-order valence-electron chi connectivity index (χ3n) is 4.76. The zero-order valence-corrected chi connectivity index (χ0v) is 18.3. The summed E-state index contributed by atoms with van der Waals surface area (Å²) in [7, 11) is 0. The lowest BCUT2D eigenvalue weighted by atomic mass is 10.2. The topological polar surface area (TPSA) is 64.0 Å². The number of thioether (sulfide) groups is 1. The van der Waals surface area contributed by atoms with Gasteiger partial charge in [-0.2, -0.15) is 0 Å². The highest BCUT2D eigenvalue weighted by atomic mass is 35.5. The van der Waals surface area contributed by atoms with E-state index >= 15 is 0 Å². The molecule has 162 valence electrons. The Labute approximate surface area is 191 Å². The second-order valence-electron chi connectivity index (χ2n) is 6.90. The molecule has 4 rings (SSSR count). The molecule has 1 heterocycles. The Bertz CT molecular complexity index is 1410. The molecule has 0 saturated carbocycles. The molecule has 1 aromatic heterocycles. The number of aromatic nitrogens is 2. The van der Waals surface area contributed by atoms with Gasteiger partial charge in [0, 0.05) is 11.1 Å². The molecule has 0 aliphatic carbocycles. The normalized spacial score (nSPS) is 11.0. The summed E-state index contributed by atoms with van der Waals surface area (Å²) < 4.78 is 28.3. The first kappa shape index (κ1) is 22.0. The van der Waals surface area contributed by atoms with Crippen LogP contribution in [-0.4, -0.2) is 21.2 Å². The molecule has 0 saturated heterocycles. The van der Waals surface area contributed by atoms with Crippen LogP contribution in [0.25, 0.3) is 16.6 Å². The number of amides is 1. The molecule has 0 aliphatic rings. The summed E-state index contributed by atoms with van der Waals surface area (Å²) in [6, 6.07) is 15.0. The molecule has 0 radical (unpaired) electrons. The van der Waals surface area contributed by atoms with Crippen LogP contribution >= 0.6 is 23.4 Å². The van der Waals surface area contributed by atoms with Crippen molar-refractivity contribution in [3.63, 3.8) is 0 Å². The molecular formula is C23H16ClF2N3O2S. The molecule has 5 nitrogen and oxygen atoms in total. The lowest BCUT2D eigenvalue weighted by Gasteiger charge is -2.15. The first-order valence-electron chi connectivity index (χ1n) is 9.50. The number of fused-ring (bicyclic) bond motifs is 1. The fraction of sp³-hybridized carbons (Fsp3) is 0.0870. The number of hydrogen-bond donors (Lipinski definition) is 1. The van der Waals surface area contributed by atoms with Crippen molar-refractivity contribution in [2.75, 3.05) is 11.1 Å². The Balaban J connectivity index is 1.70. The number of nitrogens with zero attached hydrogens (tertiary/aromatic N) is 2. The molecule has 0 aliphatic heterocycles. The van der Waals surface area contributed by atoms with Gasteiger partial charge in [-0.1, -0.05) is 41.6 Å². The number of carbonyl (C=O) groups is 1. The average Bonchev–Trinajstić information content (AvgIpc) is 2.77. The Kier molecular flexibility index (Phi) is 6.25. The maximum absolute atomic E-state index is 13.8. The van der Waals surface area contributed by atoms with E-state index in [4.69, 9.17) is 11.6 Å². The number of carbonyl (C=O) groups excluding carboxylic acids is 1. The van der Waals surface area contributed by atoms with Crippen LogP contribution < -0.4 is 10.9 Å². The van der Waals surface area contributed by atoms with Crippen LogP contribution in [-0.2, 0) is 4.79 Å². The van der Waals surface area contributed by atoms with Crippen molar-refractivity contribution in [3.05, 3.63) is 93.2 Å². The Morgan fingerprint density at radius 1 is 1.12 bits per heavy atom. The lowest BCUT2D eigenvalue weighted by molar-refractivity contribution is -0.113. The van der Waals surface area contributed by atoms with Crippen LogP contribution in [0.5, 0.6) is 0 Å². The highest BCUT2D eigenvalue weighted by Crippen LogP contribution is 2.27. The van der Waals surface area contributed by atoms with E-state index in [9.17, 15) is 18.4 Å². The molecule has 0 fully saturated rings. The highest BCUT2D eigenvalue weighted by molar-refractivity contribution is 7.99. The van der Waals surface area contributed by atoms with Gasteiger partial charge in [0.25, 0.3) is 5.56 Å². The van der Waals surface area contributed by atoms with E-state index in [2.05, 4.69) is 10.3 Å². The zero-order valence-electron chi connectivity index (χ0n) is 16.7. The molecule has 1 N–H and O–H groups in total. The predicted molar refractivity (Wildman–Crippen MR) is 123 cm³/mol. The largest absolute Gasteiger partial charge is 0.323 e. The van der Waals surface area contributed by atoms with Crippen LogP contribution in [0.1, 0.15) is 5.56 Å². The number of nitrogens with one attached hydrogen (secondary N) is 1. The molecule has 0 spiro atoms. The summed E-state index contributed by atoms with van der Waals surface area (Å²) in [5, 5.41) is 3.60. The molecule has 3 aromatic carbocycles. The van der Waals surface area contributed by atoms with Crippen LogP contribution in [0, 0.1) is 18.6 Å². The monoisotopic (exact) mass is 471 g/mol. The third kappa shape index (κ3) is 4.37. The van der Waals surface area contributed by atoms with Crippen molar-refractivity contribution in [3.8, 4) is 5.69 Å². The Morgan fingerprint density at radius 2 is 1.91 bits per heavy atom. The fourth-order valence-electron chi connectivity index (χ4n) is 3.17. The minimum atomic E-state index is -0.876. The summed E-state index contributed by atoms with van der Waals surface area (Å²) in [6.07, 6.45) is 0. The van der Waals surface area contributed by atoms with Gasteiger partial charge < -0.3 is 5.32 Å². The molecule has 9 heteroatoms. The molecule has 32 heavy (non-hydrogen) atoms. The standard InChI is InChI=1S/C23H16ClF2N3O2S/c1-13-16(24)6-4-8-20(13)29-22(31)15-5-2-3-7-18(15)28-23(29)32-12-21(30)27-19-10-9-14(25)11-17(19)26/h2-11H,12H2,1H3,(H,27,30). The van der Waals surface area contributed by atoms with Crippen molar-refractivity contribution < 1.29 is 13.6 Å². The maximum Gasteiger partial charge on any atom is 0.266 e. The van der Waals surface area contributed by atoms with E-state index < -0.39 is 17.5 Å². The summed E-state index contributed by atoms with van der Waals surface area (Å²) >= 11 is 7.28. The van der Waals surface area contributed by atoms with E-state index in [0.717, 1.165) is 23.9 Å².